The monoisotopic (exact) mass is 602 g/mol. The molecule has 0 spiro atoms. The summed E-state index contributed by atoms with van der Waals surface area (Å²) in [5.74, 6) is -2.67. The van der Waals surface area contributed by atoms with E-state index in [4.69, 9.17) is 4.98 Å². The lowest BCUT2D eigenvalue weighted by molar-refractivity contribution is -0.125. The summed E-state index contributed by atoms with van der Waals surface area (Å²) in [5.41, 5.74) is 2.18. The van der Waals surface area contributed by atoms with Gasteiger partial charge in [-0.25, -0.2) is 22.2 Å². The third kappa shape index (κ3) is 6.14. The predicted octanol–water partition coefficient (Wildman–Crippen LogP) is 5.82. The van der Waals surface area contributed by atoms with Crippen molar-refractivity contribution in [2.24, 2.45) is 11.3 Å². The Bertz CT molecular complexity index is 1430. The highest BCUT2D eigenvalue weighted by Gasteiger charge is 2.47. The summed E-state index contributed by atoms with van der Waals surface area (Å²) in [5, 5.41) is 10.2. The van der Waals surface area contributed by atoms with Crippen LogP contribution < -0.4 is 9.80 Å². The summed E-state index contributed by atoms with van der Waals surface area (Å²) in [6.07, 6.45) is 5.62. The fourth-order valence-corrected chi connectivity index (χ4v) is 8.99. The number of thiazole rings is 1. The highest BCUT2D eigenvalue weighted by atomic mass is 32.2. The molecule has 2 aliphatic carbocycles. The van der Waals surface area contributed by atoms with Gasteiger partial charge in [0, 0.05) is 50.0 Å². The molecule has 1 aromatic heterocycles. The third-order valence-corrected chi connectivity index (χ3v) is 12.1. The number of Topliss-reactive ketones (excluding diaryl/α,β-unsaturated/α-hetero) is 1. The van der Waals surface area contributed by atoms with Crippen molar-refractivity contribution in [2.75, 3.05) is 47.5 Å². The van der Waals surface area contributed by atoms with Crippen LogP contribution in [0.5, 0.6) is 0 Å². The van der Waals surface area contributed by atoms with Gasteiger partial charge in [-0.2, -0.15) is 5.26 Å². The van der Waals surface area contributed by atoms with Crippen LogP contribution in [0, 0.1) is 22.7 Å². The lowest BCUT2D eigenvalue weighted by Gasteiger charge is -2.32. The van der Waals surface area contributed by atoms with Gasteiger partial charge in [0.25, 0.3) is 5.92 Å². The van der Waals surface area contributed by atoms with Crippen LogP contribution in [0.1, 0.15) is 69.4 Å². The molecule has 2 atom stereocenters. The fourth-order valence-electron chi connectivity index (χ4n) is 6.62. The average Bonchev–Trinajstić information content (AvgIpc) is 3.59. The number of rotatable bonds is 7. The molecule has 220 valence electrons. The number of anilines is 2. The van der Waals surface area contributed by atoms with E-state index in [1.54, 1.807) is 4.90 Å². The first-order valence-corrected chi connectivity index (χ1v) is 17.3. The maximum atomic E-state index is 14.4. The molecule has 0 radical (unpaired) electrons. The summed E-state index contributed by atoms with van der Waals surface area (Å²) in [6.45, 7) is 1.08. The number of hydrogen-bond donors (Lipinski definition) is 0. The van der Waals surface area contributed by atoms with Gasteiger partial charge in [0.2, 0.25) is 0 Å². The minimum atomic E-state index is -2.98. The molecule has 1 aromatic carbocycles. The van der Waals surface area contributed by atoms with E-state index in [1.165, 1.54) is 11.3 Å². The van der Waals surface area contributed by atoms with Gasteiger partial charge in [-0.1, -0.05) is 36.3 Å². The van der Waals surface area contributed by atoms with Gasteiger partial charge in [0.05, 0.1) is 40.1 Å². The number of nitriles is 1. The molecule has 4 fully saturated rings. The minimum absolute atomic E-state index is 0.108. The molecule has 2 saturated carbocycles. The maximum absolute atomic E-state index is 14.4. The first-order chi connectivity index (χ1) is 19.6. The Kier molecular flexibility index (Phi) is 7.60. The first kappa shape index (κ1) is 28.5. The van der Waals surface area contributed by atoms with Gasteiger partial charge in [-0.15, -0.1) is 0 Å². The Hall–Kier alpha value is -2.58. The number of alkyl halides is 2. The standard InChI is InChI=1S/C30H36F2N4O3S2/c31-30(32)10-3-13-36(20-30)28-34-26(24-5-2-1-4-23(24)25(37)18-29(19-33)11-12-29)27(40-28)21-6-8-22(9-7-21)35-14-16-41(38,39)17-15-35/h6-9,23-24H,1-5,10-18,20H2/t23-,24-/m1/s1. The topological polar surface area (TPSA) is 94.4 Å². The molecule has 4 aliphatic rings. The lowest BCUT2D eigenvalue weighted by atomic mass is 9.73. The Morgan fingerprint density at radius 1 is 1.02 bits per heavy atom. The second-order valence-corrected chi connectivity index (χ2v) is 15.6. The smallest absolute Gasteiger partial charge is 0.265 e. The molecule has 0 unspecified atom stereocenters. The van der Waals surface area contributed by atoms with Gasteiger partial charge in [-0.3, -0.25) is 4.79 Å². The van der Waals surface area contributed by atoms with Gasteiger partial charge in [0.1, 0.15) is 5.78 Å². The van der Waals surface area contributed by atoms with Crippen LogP contribution in [-0.4, -0.2) is 62.8 Å². The minimum Gasteiger partial charge on any atom is -0.369 e. The zero-order chi connectivity index (χ0) is 28.8. The number of sulfone groups is 1. The largest absolute Gasteiger partial charge is 0.369 e. The van der Waals surface area contributed by atoms with Gasteiger partial charge >= 0.3 is 0 Å². The summed E-state index contributed by atoms with van der Waals surface area (Å²) in [7, 11) is -2.98. The van der Waals surface area contributed by atoms with Crippen molar-refractivity contribution in [3.05, 3.63) is 30.0 Å². The number of carbonyl (C=O) groups is 1. The Balaban J connectivity index is 1.33. The van der Waals surface area contributed by atoms with Gasteiger partial charge < -0.3 is 9.80 Å². The number of nitrogens with zero attached hydrogens (tertiary/aromatic N) is 4. The molecular weight excluding hydrogens is 566 g/mol. The maximum Gasteiger partial charge on any atom is 0.265 e. The predicted molar refractivity (Wildman–Crippen MR) is 156 cm³/mol. The van der Waals surface area contributed by atoms with E-state index in [1.807, 2.05) is 24.3 Å². The molecule has 2 saturated heterocycles. The Morgan fingerprint density at radius 2 is 1.73 bits per heavy atom. The van der Waals surface area contributed by atoms with Crippen LogP contribution in [0.2, 0.25) is 0 Å². The number of aromatic nitrogens is 1. The Labute approximate surface area is 244 Å². The molecule has 7 nitrogen and oxygen atoms in total. The van der Waals surface area contributed by atoms with Crippen LogP contribution in [0.15, 0.2) is 24.3 Å². The van der Waals surface area contributed by atoms with Crippen molar-refractivity contribution < 1.29 is 22.0 Å². The zero-order valence-corrected chi connectivity index (χ0v) is 24.8. The molecule has 0 bridgehead atoms. The quantitative estimate of drug-likeness (QED) is 0.394. The van der Waals surface area contributed by atoms with E-state index in [9.17, 15) is 27.3 Å². The van der Waals surface area contributed by atoms with Crippen molar-refractivity contribution in [1.82, 2.24) is 4.98 Å². The van der Waals surface area contributed by atoms with Crippen LogP contribution >= 0.6 is 11.3 Å². The SMILES string of the molecule is N#CC1(CC(=O)[C@@H]2CCCC[C@H]2c2nc(N3CCCC(F)(F)C3)sc2-c2ccc(N3CCS(=O)(=O)CC3)cc2)CC1. The average molecular weight is 603 g/mol. The molecule has 2 aromatic rings. The number of piperidine rings is 1. The molecule has 6 rings (SSSR count). The van der Waals surface area contributed by atoms with Crippen LogP contribution in [-0.2, 0) is 14.6 Å². The van der Waals surface area contributed by atoms with Crippen LogP contribution in [0.25, 0.3) is 10.4 Å². The molecule has 0 amide bonds. The number of benzene rings is 1. The molecular formula is C30H36F2N4O3S2. The molecule has 3 heterocycles. The van der Waals surface area contributed by atoms with Crippen molar-refractivity contribution in [2.45, 2.75) is 69.6 Å². The lowest BCUT2D eigenvalue weighted by Crippen LogP contribution is -2.42. The van der Waals surface area contributed by atoms with E-state index < -0.39 is 21.2 Å². The van der Waals surface area contributed by atoms with Crippen molar-refractivity contribution in [3.8, 4) is 16.5 Å². The third-order valence-electron chi connectivity index (χ3n) is 9.28. The van der Waals surface area contributed by atoms with Crippen LogP contribution in [0.3, 0.4) is 0 Å². The number of carbonyl (C=O) groups excluding carboxylic acids is 1. The van der Waals surface area contributed by atoms with Crippen molar-refractivity contribution in [1.29, 1.82) is 5.26 Å². The van der Waals surface area contributed by atoms with E-state index in [2.05, 4.69) is 11.0 Å². The number of ketones is 1. The van der Waals surface area contributed by atoms with E-state index in [0.717, 1.165) is 60.3 Å². The summed E-state index contributed by atoms with van der Waals surface area (Å²) in [6, 6.07) is 10.3. The van der Waals surface area contributed by atoms with E-state index in [0.29, 0.717) is 31.2 Å². The number of halogens is 2. The zero-order valence-electron chi connectivity index (χ0n) is 23.2. The molecule has 0 N–H and O–H groups in total. The summed E-state index contributed by atoms with van der Waals surface area (Å²) < 4.78 is 52.5. The molecule has 2 aliphatic heterocycles. The fraction of sp³-hybridized carbons (Fsp3) is 0.633. The summed E-state index contributed by atoms with van der Waals surface area (Å²) >= 11 is 1.42. The van der Waals surface area contributed by atoms with Gasteiger partial charge in [0.15, 0.2) is 15.0 Å². The van der Waals surface area contributed by atoms with Crippen molar-refractivity contribution >= 4 is 37.8 Å². The van der Waals surface area contributed by atoms with Crippen LogP contribution in [0.4, 0.5) is 19.6 Å². The second kappa shape index (κ2) is 10.9. The van der Waals surface area contributed by atoms with Crippen molar-refractivity contribution in [3.63, 3.8) is 0 Å². The second-order valence-electron chi connectivity index (χ2n) is 12.3. The molecule has 41 heavy (non-hydrogen) atoms. The highest BCUT2D eigenvalue weighted by molar-refractivity contribution is 7.91. The normalized spacial score (nSPS) is 26.8. The number of hydrogen-bond acceptors (Lipinski definition) is 8. The molecule has 11 heteroatoms. The van der Waals surface area contributed by atoms with Gasteiger partial charge in [-0.05, 0) is 49.8 Å². The van der Waals surface area contributed by atoms with E-state index in [-0.39, 0.29) is 48.5 Å². The summed E-state index contributed by atoms with van der Waals surface area (Å²) in [4.78, 5) is 23.2. The van der Waals surface area contributed by atoms with E-state index >= 15 is 0 Å². The first-order valence-electron chi connectivity index (χ1n) is 14.7. The highest BCUT2D eigenvalue weighted by Crippen LogP contribution is 2.52. The Morgan fingerprint density at radius 3 is 2.39 bits per heavy atom.